The number of amides is 3. The van der Waals surface area contributed by atoms with Crippen molar-refractivity contribution in [3.63, 3.8) is 0 Å². The number of carboxylic acids is 2. The second-order valence-corrected chi connectivity index (χ2v) is 7.98. The smallest absolute Gasteiger partial charge is 0.326 e. The first-order valence-electron chi connectivity index (χ1n) is 11.1. The molecule has 1 aromatic rings. The fraction of sp³-hybridized carbons (Fsp3) is 0.545. The minimum Gasteiger partial charge on any atom is -0.481 e. The van der Waals surface area contributed by atoms with E-state index >= 15 is 0 Å². The van der Waals surface area contributed by atoms with Gasteiger partial charge in [-0.25, -0.2) is 4.79 Å². The lowest BCUT2D eigenvalue weighted by Crippen LogP contribution is -2.53. The van der Waals surface area contributed by atoms with Gasteiger partial charge in [0.05, 0.1) is 12.1 Å². The summed E-state index contributed by atoms with van der Waals surface area (Å²) in [5.74, 6) is -3.96. The molecule has 0 saturated heterocycles. The van der Waals surface area contributed by atoms with Gasteiger partial charge in [0, 0.05) is 31.4 Å². The van der Waals surface area contributed by atoms with Crippen molar-refractivity contribution in [1.82, 2.24) is 26.3 Å². The molecule has 0 radical (unpaired) electrons. The van der Waals surface area contributed by atoms with Crippen LogP contribution in [0.4, 0.5) is 0 Å². The van der Waals surface area contributed by atoms with Gasteiger partial charge in [-0.1, -0.05) is 13.8 Å². The van der Waals surface area contributed by atoms with Crippen LogP contribution in [0.15, 0.2) is 24.5 Å². The third-order valence-corrected chi connectivity index (χ3v) is 4.71. The third-order valence-electron chi connectivity index (χ3n) is 4.71. The molecule has 3 amide bonds. The molecule has 1 aromatic heterocycles. The second-order valence-electron chi connectivity index (χ2n) is 7.98. The molecule has 6 N–H and O–H groups in total. The van der Waals surface area contributed by atoms with Gasteiger partial charge in [-0.15, -0.1) is 0 Å². The van der Waals surface area contributed by atoms with Gasteiger partial charge in [-0.05, 0) is 37.8 Å². The average Bonchev–Trinajstić information content (AvgIpc) is 2.79. The molecule has 34 heavy (non-hydrogen) atoms. The SMILES string of the molecule is CC(C)NCC(=O)N[C@H](CCC(=O)O)C(=O)N[C@@H](CCCCNC(=O)c1cccnc1)C(=O)O. The zero-order valence-corrected chi connectivity index (χ0v) is 19.4. The lowest BCUT2D eigenvalue weighted by molar-refractivity contribution is -0.143. The number of aromatic nitrogens is 1. The largest absolute Gasteiger partial charge is 0.481 e. The third kappa shape index (κ3) is 11.9. The molecule has 0 saturated carbocycles. The van der Waals surface area contributed by atoms with Crippen LogP contribution in [0.2, 0.25) is 0 Å². The summed E-state index contributed by atoms with van der Waals surface area (Å²) in [4.78, 5) is 63.0. The van der Waals surface area contributed by atoms with E-state index in [1.807, 2.05) is 13.8 Å². The Bertz CT molecular complexity index is 832. The van der Waals surface area contributed by atoms with Gasteiger partial charge in [-0.2, -0.15) is 0 Å². The summed E-state index contributed by atoms with van der Waals surface area (Å²) in [5, 5.41) is 28.8. The highest BCUT2D eigenvalue weighted by atomic mass is 16.4. The van der Waals surface area contributed by atoms with Crippen LogP contribution in [0.3, 0.4) is 0 Å². The molecule has 0 aliphatic heterocycles. The van der Waals surface area contributed by atoms with E-state index in [4.69, 9.17) is 5.11 Å². The number of carbonyl (C=O) groups excluding carboxylic acids is 3. The van der Waals surface area contributed by atoms with Crippen molar-refractivity contribution in [1.29, 1.82) is 0 Å². The van der Waals surface area contributed by atoms with Crippen LogP contribution in [0.1, 0.15) is 56.3 Å². The predicted molar refractivity (Wildman–Crippen MR) is 122 cm³/mol. The topological polar surface area (TPSA) is 187 Å². The number of hydrogen-bond acceptors (Lipinski definition) is 7. The van der Waals surface area contributed by atoms with Crippen LogP contribution in [0.25, 0.3) is 0 Å². The van der Waals surface area contributed by atoms with Crippen LogP contribution >= 0.6 is 0 Å². The molecule has 188 valence electrons. The summed E-state index contributed by atoms with van der Waals surface area (Å²) in [6.45, 7) is 3.92. The highest BCUT2D eigenvalue weighted by Gasteiger charge is 2.26. The number of nitrogens with one attached hydrogen (secondary N) is 4. The van der Waals surface area contributed by atoms with Gasteiger partial charge >= 0.3 is 11.9 Å². The van der Waals surface area contributed by atoms with Gasteiger partial charge < -0.3 is 31.5 Å². The molecule has 1 rings (SSSR count). The number of unbranched alkanes of at least 4 members (excludes halogenated alkanes) is 1. The summed E-state index contributed by atoms with van der Waals surface area (Å²) >= 11 is 0. The van der Waals surface area contributed by atoms with E-state index in [2.05, 4.69) is 26.3 Å². The highest BCUT2D eigenvalue weighted by Crippen LogP contribution is 2.05. The Morgan fingerprint density at radius 3 is 2.32 bits per heavy atom. The summed E-state index contributed by atoms with van der Waals surface area (Å²) in [6, 6.07) is 0.888. The van der Waals surface area contributed by atoms with Crippen molar-refractivity contribution in [3.05, 3.63) is 30.1 Å². The van der Waals surface area contributed by atoms with E-state index in [9.17, 15) is 29.1 Å². The van der Waals surface area contributed by atoms with E-state index in [0.29, 0.717) is 24.9 Å². The monoisotopic (exact) mass is 479 g/mol. The van der Waals surface area contributed by atoms with Crippen molar-refractivity contribution < 1.29 is 34.2 Å². The average molecular weight is 480 g/mol. The van der Waals surface area contributed by atoms with Crippen LogP contribution in [0.5, 0.6) is 0 Å². The number of nitrogens with zero attached hydrogens (tertiary/aromatic N) is 1. The van der Waals surface area contributed by atoms with Crippen molar-refractivity contribution >= 4 is 29.7 Å². The lowest BCUT2D eigenvalue weighted by atomic mass is 10.1. The standard InChI is InChI=1S/C22H33N5O7/c1-14(2)25-13-18(28)26-16(8-9-19(29)30)21(32)27-17(22(33)34)7-3-4-11-24-20(31)15-6-5-10-23-12-15/h5-6,10,12,14,16-17,25H,3-4,7-9,11,13H2,1-2H3,(H,24,31)(H,26,28)(H,27,32)(H,29,30)(H,33,34)/t16-,17+/m1/s1. The number of carboxylic acid groups (broad SMARTS) is 2. The maximum atomic E-state index is 12.6. The molecule has 0 spiro atoms. The first-order chi connectivity index (χ1) is 16.1. The summed E-state index contributed by atoms with van der Waals surface area (Å²) in [6.07, 6.45) is 3.41. The molecule has 0 bridgehead atoms. The van der Waals surface area contributed by atoms with Crippen LogP contribution in [0, 0.1) is 0 Å². The van der Waals surface area contributed by atoms with Crippen LogP contribution in [-0.2, 0) is 19.2 Å². The number of aliphatic carboxylic acids is 2. The summed E-state index contributed by atoms with van der Waals surface area (Å²) < 4.78 is 0. The van der Waals surface area contributed by atoms with Crippen molar-refractivity contribution in [2.75, 3.05) is 13.1 Å². The molecule has 0 aliphatic carbocycles. The lowest BCUT2D eigenvalue weighted by Gasteiger charge is -2.21. The van der Waals surface area contributed by atoms with Gasteiger partial charge in [0.15, 0.2) is 0 Å². The number of hydrogen-bond donors (Lipinski definition) is 6. The molecule has 0 unspecified atom stereocenters. The summed E-state index contributed by atoms with van der Waals surface area (Å²) in [7, 11) is 0. The molecule has 2 atom stereocenters. The van der Waals surface area contributed by atoms with Gasteiger partial charge in [0.25, 0.3) is 5.91 Å². The summed E-state index contributed by atoms with van der Waals surface area (Å²) in [5.41, 5.74) is 0.413. The van der Waals surface area contributed by atoms with Crippen molar-refractivity contribution in [2.24, 2.45) is 0 Å². The first-order valence-corrected chi connectivity index (χ1v) is 11.1. The molecule has 1 heterocycles. The van der Waals surface area contributed by atoms with E-state index in [1.54, 1.807) is 18.3 Å². The van der Waals surface area contributed by atoms with E-state index in [0.717, 1.165) is 0 Å². The van der Waals surface area contributed by atoms with Crippen LogP contribution < -0.4 is 21.3 Å². The van der Waals surface area contributed by atoms with Gasteiger partial charge in [0.1, 0.15) is 12.1 Å². The molecule has 0 fully saturated rings. The zero-order valence-electron chi connectivity index (χ0n) is 19.4. The maximum absolute atomic E-state index is 12.6. The van der Waals surface area contributed by atoms with Crippen molar-refractivity contribution in [2.45, 2.75) is 64.1 Å². The Balaban J connectivity index is 2.55. The molecular formula is C22H33N5O7. The molecule has 12 nitrogen and oxygen atoms in total. The molecule has 12 heteroatoms. The second kappa shape index (κ2) is 15.3. The van der Waals surface area contributed by atoms with Crippen molar-refractivity contribution in [3.8, 4) is 0 Å². The quantitative estimate of drug-likeness (QED) is 0.176. The van der Waals surface area contributed by atoms with Gasteiger partial charge in [0.2, 0.25) is 11.8 Å². The Hall–Kier alpha value is -3.54. The normalized spacial score (nSPS) is 12.4. The molecular weight excluding hydrogens is 446 g/mol. The Kier molecular flexibility index (Phi) is 12.8. The predicted octanol–water partition coefficient (Wildman–Crippen LogP) is -0.101. The Morgan fingerprint density at radius 1 is 1.00 bits per heavy atom. The fourth-order valence-electron chi connectivity index (χ4n) is 2.88. The highest BCUT2D eigenvalue weighted by molar-refractivity contribution is 5.93. The van der Waals surface area contributed by atoms with E-state index in [1.165, 1.54) is 6.20 Å². The molecule has 0 aromatic carbocycles. The number of pyridine rings is 1. The first kappa shape index (κ1) is 28.5. The Labute approximate surface area is 197 Å². The molecule has 0 aliphatic rings. The number of rotatable bonds is 16. The van der Waals surface area contributed by atoms with E-state index in [-0.39, 0.29) is 37.8 Å². The number of carbonyl (C=O) groups is 5. The van der Waals surface area contributed by atoms with Gasteiger partial charge in [-0.3, -0.25) is 24.2 Å². The zero-order chi connectivity index (χ0) is 25.5. The maximum Gasteiger partial charge on any atom is 0.326 e. The van der Waals surface area contributed by atoms with Crippen LogP contribution in [-0.4, -0.2) is 76.1 Å². The minimum atomic E-state index is -1.25. The Morgan fingerprint density at radius 2 is 1.74 bits per heavy atom. The minimum absolute atomic E-state index is 0.0302. The fourth-order valence-corrected chi connectivity index (χ4v) is 2.88. The van der Waals surface area contributed by atoms with E-state index < -0.39 is 35.8 Å².